The molecular formula is C10H16N2O3. The zero-order valence-corrected chi connectivity index (χ0v) is 8.48. The molecule has 5 heteroatoms. The van der Waals surface area contributed by atoms with E-state index in [4.69, 9.17) is 10.8 Å². The number of fused-ring (bicyclic) bond motifs is 2. The number of amides is 1. The van der Waals surface area contributed by atoms with Gasteiger partial charge in [-0.2, -0.15) is 0 Å². The average Bonchev–Trinajstić information content (AvgIpc) is 2.74. The minimum Gasteiger partial charge on any atom is -0.480 e. The zero-order chi connectivity index (χ0) is 11.0. The second kappa shape index (κ2) is 3.81. The summed E-state index contributed by atoms with van der Waals surface area (Å²) < 4.78 is 0. The van der Waals surface area contributed by atoms with E-state index in [9.17, 15) is 9.59 Å². The van der Waals surface area contributed by atoms with Gasteiger partial charge in [0.1, 0.15) is 6.54 Å². The van der Waals surface area contributed by atoms with E-state index in [-0.39, 0.29) is 24.4 Å². The minimum absolute atomic E-state index is 0.0717. The topological polar surface area (TPSA) is 92.4 Å². The molecule has 2 aliphatic rings. The summed E-state index contributed by atoms with van der Waals surface area (Å²) >= 11 is 0. The zero-order valence-electron chi connectivity index (χ0n) is 8.48. The molecule has 2 saturated carbocycles. The van der Waals surface area contributed by atoms with Crippen LogP contribution in [0.5, 0.6) is 0 Å². The van der Waals surface area contributed by atoms with Crippen molar-refractivity contribution in [2.24, 2.45) is 23.5 Å². The van der Waals surface area contributed by atoms with Crippen LogP contribution in [0.2, 0.25) is 0 Å². The molecule has 4 unspecified atom stereocenters. The van der Waals surface area contributed by atoms with Gasteiger partial charge in [0, 0.05) is 6.04 Å². The SMILES string of the molecule is NC1C2CCC(C2)C1C(=O)NCC(=O)O. The van der Waals surface area contributed by atoms with Gasteiger partial charge in [-0.1, -0.05) is 0 Å². The smallest absolute Gasteiger partial charge is 0.322 e. The summed E-state index contributed by atoms with van der Waals surface area (Å²) in [5.41, 5.74) is 5.96. The number of carboxylic acid groups (broad SMARTS) is 1. The van der Waals surface area contributed by atoms with Crippen molar-refractivity contribution in [1.29, 1.82) is 0 Å². The quantitative estimate of drug-likeness (QED) is 0.591. The summed E-state index contributed by atoms with van der Waals surface area (Å²) in [6.07, 6.45) is 3.21. The van der Waals surface area contributed by atoms with Gasteiger partial charge in [-0.05, 0) is 31.1 Å². The third kappa shape index (κ3) is 1.84. The predicted octanol–water partition coefficient (Wildman–Crippen LogP) is -0.439. The van der Waals surface area contributed by atoms with Gasteiger partial charge in [0.15, 0.2) is 0 Å². The standard InChI is InChI=1S/C10H16N2O3/c11-9-6-2-1-5(3-6)8(9)10(15)12-4-7(13)14/h5-6,8-9H,1-4,11H2,(H,12,15)(H,13,14). The van der Waals surface area contributed by atoms with Gasteiger partial charge in [0.25, 0.3) is 0 Å². The Bertz CT molecular complexity index is 290. The maximum atomic E-state index is 11.7. The van der Waals surface area contributed by atoms with Crippen molar-refractivity contribution in [1.82, 2.24) is 5.32 Å². The third-order valence-electron chi connectivity index (χ3n) is 3.70. The Morgan fingerprint density at radius 2 is 2.00 bits per heavy atom. The van der Waals surface area contributed by atoms with Crippen LogP contribution in [-0.2, 0) is 9.59 Å². The Morgan fingerprint density at radius 3 is 2.53 bits per heavy atom. The number of aliphatic carboxylic acids is 1. The lowest BCUT2D eigenvalue weighted by Gasteiger charge is -2.26. The Hall–Kier alpha value is -1.10. The van der Waals surface area contributed by atoms with Crippen LogP contribution in [0.4, 0.5) is 0 Å². The number of nitrogens with one attached hydrogen (secondary N) is 1. The van der Waals surface area contributed by atoms with E-state index in [2.05, 4.69) is 5.32 Å². The Kier molecular flexibility index (Phi) is 2.65. The minimum atomic E-state index is -1.01. The van der Waals surface area contributed by atoms with Crippen molar-refractivity contribution in [2.75, 3.05) is 6.54 Å². The molecule has 0 aromatic carbocycles. The van der Waals surface area contributed by atoms with Gasteiger partial charge < -0.3 is 16.2 Å². The first-order chi connectivity index (χ1) is 7.09. The molecule has 0 spiro atoms. The number of hydrogen-bond donors (Lipinski definition) is 3. The first-order valence-corrected chi connectivity index (χ1v) is 5.34. The number of carboxylic acids is 1. The summed E-state index contributed by atoms with van der Waals surface area (Å²) in [5, 5.41) is 10.9. The molecule has 2 bridgehead atoms. The molecular weight excluding hydrogens is 196 g/mol. The molecule has 2 aliphatic carbocycles. The van der Waals surface area contributed by atoms with Gasteiger partial charge in [0.2, 0.25) is 5.91 Å². The van der Waals surface area contributed by atoms with E-state index >= 15 is 0 Å². The van der Waals surface area contributed by atoms with Crippen LogP contribution in [0.15, 0.2) is 0 Å². The summed E-state index contributed by atoms with van der Waals surface area (Å²) in [5.74, 6) is -0.519. The fraction of sp³-hybridized carbons (Fsp3) is 0.800. The highest BCUT2D eigenvalue weighted by molar-refractivity contribution is 5.84. The van der Waals surface area contributed by atoms with E-state index in [1.165, 1.54) is 0 Å². The molecule has 0 aliphatic heterocycles. The summed E-state index contributed by atoms with van der Waals surface area (Å²) in [6.45, 7) is -0.306. The van der Waals surface area contributed by atoms with Crippen LogP contribution in [-0.4, -0.2) is 29.6 Å². The number of nitrogens with two attached hydrogens (primary N) is 1. The van der Waals surface area contributed by atoms with Gasteiger partial charge in [-0.3, -0.25) is 9.59 Å². The summed E-state index contributed by atoms with van der Waals surface area (Å²) in [4.78, 5) is 22.0. The van der Waals surface area contributed by atoms with Gasteiger partial charge in [0.05, 0.1) is 5.92 Å². The lowest BCUT2D eigenvalue weighted by atomic mass is 9.84. The fourth-order valence-electron chi connectivity index (χ4n) is 3.01. The van der Waals surface area contributed by atoms with Crippen molar-refractivity contribution in [3.8, 4) is 0 Å². The molecule has 0 saturated heterocycles. The van der Waals surface area contributed by atoms with Crippen LogP contribution >= 0.6 is 0 Å². The molecule has 4 N–H and O–H groups in total. The highest BCUT2D eigenvalue weighted by Crippen LogP contribution is 2.47. The maximum Gasteiger partial charge on any atom is 0.322 e. The van der Waals surface area contributed by atoms with Gasteiger partial charge in [-0.15, -0.1) is 0 Å². The lowest BCUT2D eigenvalue weighted by Crippen LogP contribution is -2.46. The first-order valence-electron chi connectivity index (χ1n) is 5.34. The van der Waals surface area contributed by atoms with Crippen molar-refractivity contribution >= 4 is 11.9 Å². The van der Waals surface area contributed by atoms with E-state index in [1.54, 1.807) is 0 Å². The average molecular weight is 212 g/mol. The van der Waals surface area contributed by atoms with Crippen LogP contribution in [0, 0.1) is 17.8 Å². The van der Waals surface area contributed by atoms with Gasteiger partial charge in [-0.25, -0.2) is 0 Å². The lowest BCUT2D eigenvalue weighted by molar-refractivity contribution is -0.139. The van der Waals surface area contributed by atoms with Crippen molar-refractivity contribution < 1.29 is 14.7 Å². The third-order valence-corrected chi connectivity index (χ3v) is 3.70. The second-order valence-electron chi connectivity index (χ2n) is 4.55. The van der Waals surface area contributed by atoms with Crippen LogP contribution in [0.1, 0.15) is 19.3 Å². The van der Waals surface area contributed by atoms with Crippen molar-refractivity contribution in [2.45, 2.75) is 25.3 Å². The number of hydrogen-bond acceptors (Lipinski definition) is 3. The van der Waals surface area contributed by atoms with E-state index in [1.807, 2.05) is 0 Å². The summed E-state index contributed by atoms with van der Waals surface area (Å²) in [7, 11) is 0. The molecule has 1 amide bonds. The molecule has 0 aromatic heterocycles. The largest absolute Gasteiger partial charge is 0.480 e. The maximum absolute atomic E-state index is 11.7. The number of rotatable bonds is 3. The predicted molar refractivity (Wildman–Crippen MR) is 52.9 cm³/mol. The molecule has 84 valence electrons. The molecule has 2 fully saturated rings. The van der Waals surface area contributed by atoms with E-state index < -0.39 is 5.97 Å². The second-order valence-corrected chi connectivity index (χ2v) is 4.55. The highest BCUT2D eigenvalue weighted by atomic mass is 16.4. The Labute approximate surface area is 88.0 Å². The Balaban J connectivity index is 1.93. The number of carbonyl (C=O) groups excluding carboxylic acids is 1. The van der Waals surface area contributed by atoms with E-state index in [0.717, 1.165) is 19.3 Å². The normalized spacial score (nSPS) is 37.9. The summed E-state index contributed by atoms with van der Waals surface area (Å²) in [6, 6.07) is -0.0717. The first kappa shape index (κ1) is 10.4. The van der Waals surface area contributed by atoms with Gasteiger partial charge >= 0.3 is 5.97 Å². The monoisotopic (exact) mass is 212 g/mol. The Morgan fingerprint density at radius 1 is 1.33 bits per heavy atom. The molecule has 0 radical (unpaired) electrons. The van der Waals surface area contributed by atoms with Crippen molar-refractivity contribution in [3.05, 3.63) is 0 Å². The molecule has 0 aromatic rings. The van der Waals surface area contributed by atoms with Crippen molar-refractivity contribution in [3.63, 3.8) is 0 Å². The van der Waals surface area contributed by atoms with Crippen LogP contribution in [0.25, 0.3) is 0 Å². The van der Waals surface area contributed by atoms with E-state index in [0.29, 0.717) is 11.8 Å². The van der Waals surface area contributed by atoms with Crippen LogP contribution < -0.4 is 11.1 Å². The number of carbonyl (C=O) groups is 2. The highest BCUT2D eigenvalue weighted by Gasteiger charge is 2.48. The molecule has 0 heterocycles. The molecule has 4 atom stereocenters. The molecule has 2 rings (SSSR count). The molecule has 5 nitrogen and oxygen atoms in total. The fourth-order valence-corrected chi connectivity index (χ4v) is 3.01. The van der Waals surface area contributed by atoms with Crippen LogP contribution in [0.3, 0.4) is 0 Å². The molecule has 15 heavy (non-hydrogen) atoms.